The molecule has 0 radical (unpaired) electrons. The molecule has 18 heavy (non-hydrogen) atoms. The molecule has 0 aliphatic rings. The van der Waals surface area contributed by atoms with E-state index in [2.05, 4.69) is 20.5 Å². The van der Waals surface area contributed by atoms with Crippen LogP contribution in [0.1, 0.15) is 17.0 Å². The van der Waals surface area contributed by atoms with Crippen LogP contribution >= 0.6 is 0 Å². The summed E-state index contributed by atoms with van der Waals surface area (Å²) < 4.78 is 26.1. The Morgan fingerprint density at radius 1 is 1.11 bits per heavy atom. The monoisotopic (exact) mass is 250 g/mol. The minimum Gasteiger partial charge on any atom is -0.349 e. The van der Waals surface area contributed by atoms with E-state index in [4.69, 9.17) is 0 Å². The number of halogens is 2. The van der Waals surface area contributed by atoms with Gasteiger partial charge in [-0.15, -0.1) is 5.10 Å². The van der Waals surface area contributed by atoms with Gasteiger partial charge in [-0.05, 0) is 19.9 Å². The lowest BCUT2D eigenvalue weighted by molar-refractivity contribution is 0.574. The van der Waals surface area contributed by atoms with Crippen molar-refractivity contribution in [2.75, 3.05) is 5.32 Å². The van der Waals surface area contributed by atoms with Crippen molar-refractivity contribution in [3.8, 4) is 0 Å². The first-order chi connectivity index (χ1) is 8.56. The maximum atomic E-state index is 13.4. The second kappa shape index (κ2) is 5.03. The molecule has 2 rings (SSSR count). The van der Waals surface area contributed by atoms with E-state index in [1.807, 2.05) is 6.92 Å². The van der Waals surface area contributed by atoms with Crippen molar-refractivity contribution in [1.82, 2.24) is 15.2 Å². The van der Waals surface area contributed by atoms with Gasteiger partial charge in [-0.1, -0.05) is 6.07 Å². The molecule has 0 saturated heterocycles. The van der Waals surface area contributed by atoms with Crippen LogP contribution in [0, 0.1) is 25.5 Å². The highest BCUT2D eigenvalue weighted by atomic mass is 19.1. The molecule has 0 atom stereocenters. The molecule has 0 spiro atoms. The minimum atomic E-state index is -0.598. The normalized spacial score (nSPS) is 10.4. The first-order valence-electron chi connectivity index (χ1n) is 5.42. The Hall–Kier alpha value is -2.11. The minimum absolute atomic E-state index is 0.177. The number of benzene rings is 1. The van der Waals surface area contributed by atoms with E-state index in [0.29, 0.717) is 11.5 Å². The predicted octanol–water partition coefficient (Wildman–Crippen LogP) is 2.38. The topological polar surface area (TPSA) is 50.7 Å². The van der Waals surface area contributed by atoms with Crippen LogP contribution in [0.15, 0.2) is 18.2 Å². The quantitative estimate of drug-likeness (QED) is 0.908. The molecular weight excluding hydrogens is 238 g/mol. The van der Waals surface area contributed by atoms with Crippen molar-refractivity contribution >= 4 is 5.95 Å². The largest absolute Gasteiger partial charge is 0.349 e. The Morgan fingerprint density at radius 3 is 2.56 bits per heavy atom. The molecule has 94 valence electrons. The maximum Gasteiger partial charge on any atom is 0.243 e. The van der Waals surface area contributed by atoms with Crippen molar-refractivity contribution in [1.29, 1.82) is 0 Å². The number of nitrogens with one attached hydrogen (secondary N) is 1. The van der Waals surface area contributed by atoms with E-state index in [0.717, 1.165) is 17.5 Å². The van der Waals surface area contributed by atoms with Crippen LogP contribution in [0.25, 0.3) is 0 Å². The molecule has 1 heterocycles. The zero-order valence-corrected chi connectivity index (χ0v) is 10.0. The van der Waals surface area contributed by atoms with Gasteiger partial charge in [-0.3, -0.25) is 0 Å². The fraction of sp³-hybridized carbons (Fsp3) is 0.250. The van der Waals surface area contributed by atoms with Crippen molar-refractivity contribution in [2.24, 2.45) is 0 Å². The molecule has 6 heteroatoms. The van der Waals surface area contributed by atoms with E-state index in [1.165, 1.54) is 12.1 Å². The molecule has 0 aliphatic carbocycles. The summed E-state index contributed by atoms with van der Waals surface area (Å²) in [6.07, 6.45) is 0. The van der Waals surface area contributed by atoms with Gasteiger partial charge in [-0.25, -0.2) is 13.8 Å². The third kappa shape index (κ3) is 2.77. The van der Waals surface area contributed by atoms with E-state index in [9.17, 15) is 8.78 Å². The predicted molar refractivity (Wildman–Crippen MR) is 63.0 cm³/mol. The van der Waals surface area contributed by atoms with Gasteiger partial charge in [0.05, 0.1) is 11.4 Å². The Balaban J connectivity index is 2.09. The van der Waals surface area contributed by atoms with E-state index in [-0.39, 0.29) is 6.54 Å². The molecule has 0 unspecified atom stereocenters. The summed E-state index contributed by atoms with van der Waals surface area (Å²) in [6, 6.07) is 3.43. The molecule has 4 nitrogen and oxygen atoms in total. The summed E-state index contributed by atoms with van der Waals surface area (Å²) in [5.41, 5.74) is 1.85. The molecule has 0 saturated carbocycles. The van der Waals surface area contributed by atoms with Gasteiger partial charge in [0.25, 0.3) is 0 Å². The lowest BCUT2D eigenvalue weighted by Crippen LogP contribution is -2.08. The molecule has 1 N–H and O–H groups in total. The maximum absolute atomic E-state index is 13.4. The van der Waals surface area contributed by atoms with Gasteiger partial charge >= 0.3 is 0 Å². The summed E-state index contributed by atoms with van der Waals surface area (Å²) in [6.45, 7) is 3.79. The number of hydrogen-bond acceptors (Lipinski definition) is 4. The summed E-state index contributed by atoms with van der Waals surface area (Å²) in [7, 11) is 0. The molecule has 0 aliphatic heterocycles. The van der Waals surface area contributed by atoms with Crippen LogP contribution in [0.5, 0.6) is 0 Å². The van der Waals surface area contributed by atoms with Crippen LogP contribution in [0.3, 0.4) is 0 Å². The van der Waals surface area contributed by atoms with Crippen LogP contribution in [-0.2, 0) is 6.54 Å². The van der Waals surface area contributed by atoms with Gasteiger partial charge in [-0.2, -0.15) is 5.10 Å². The first-order valence-corrected chi connectivity index (χ1v) is 5.42. The first kappa shape index (κ1) is 12.3. The average Bonchev–Trinajstić information content (AvgIpc) is 2.32. The fourth-order valence-corrected chi connectivity index (χ4v) is 1.37. The van der Waals surface area contributed by atoms with Crippen LogP contribution in [0.4, 0.5) is 14.7 Å². The van der Waals surface area contributed by atoms with E-state index < -0.39 is 11.6 Å². The van der Waals surface area contributed by atoms with Gasteiger partial charge in [0, 0.05) is 18.2 Å². The smallest absolute Gasteiger partial charge is 0.243 e. The Labute approximate surface area is 103 Å². The third-order valence-electron chi connectivity index (χ3n) is 2.54. The highest BCUT2D eigenvalue weighted by Gasteiger charge is 2.05. The summed E-state index contributed by atoms with van der Waals surface area (Å²) in [5, 5.41) is 10.6. The lowest BCUT2D eigenvalue weighted by Gasteiger charge is -2.06. The Bertz CT molecular complexity index is 572. The number of aromatic nitrogens is 3. The number of nitrogens with zero attached hydrogens (tertiary/aromatic N) is 3. The van der Waals surface area contributed by atoms with Crippen LogP contribution in [-0.4, -0.2) is 15.2 Å². The second-order valence-corrected chi connectivity index (χ2v) is 3.90. The number of aryl methyl sites for hydroxylation is 2. The standard InChI is InChI=1S/C12H12F2N4/c1-7-8(2)17-18-12(16-7)15-6-9-3-4-10(13)5-11(9)14/h3-5H,6H2,1-2H3,(H,15,16,18). The van der Waals surface area contributed by atoms with Gasteiger partial charge in [0.2, 0.25) is 5.95 Å². The summed E-state index contributed by atoms with van der Waals surface area (Å²) in [4.78, 5) is 4.15. The molecule has 0 amide bonds. The van der Waals surface area contributed by atoms with Crippen molar-refractivity contribution in [3.05, 3.63) is 46.8 Å². The number of rotatable bonds is 3. The number of anilines is 1. The molecule has 2 aromatic rings. The average molecular weight is 250 g/mol. The zero-order chi connectivity index (χ0) is 13.1. The van der Waals surface area contributed by atoms with Crippen molar-refractivity contribution in [3.63, 3.8) is 0 Å². The fourth-order valence-electron chi connectivity index (χ4n) is 1.37. The van der Waals surface area contributed by atoms with Crippen LogP contribution < -0.4 is 5.32 Å². The zero-order valence-electron chi connectivity index (χ0n) is 10.0. The summed E-state index contributed by atoms with van der Waals surface area (Å²) >= 11 is 0. The van der Waals surface area contributed by atoms with Gasteiger partial charge < -0.3 is 5.32 Å². The molecule has 0 bridgehead atoms. The third-order valence-corrected chi connectivity index (χ3v) is 2.54. The SMILES string of the molecule is Cc1nnc(NCc2ccc(F)cc2F)nc1C. The van der Waals surface area contributed by atoms with Gasteiger partial charge in [0.15, 0.2) is 0 Å². The Kier molecular flexibility index (Phi) is 3.45. The van der Waals surface area contributed by atoms with E-state index >= 15 is 0 Å². The van der Waals surface area contributed by atoms with Crippen molar-refractivity contribution in [2.45, 2.75) is 20.4 Å². The lowest BCUT2D eigenvalue weighted by atomic mass is 10.2. The highest BCUT2D eigenvalue weighted by molar-refractivity contribution is 5.28. The number of hydrogen-bond donors (Lipinski definition) is 1. The van der Waals surface area contributed by atoms with Crippen molar-refractivity contribution < 1.29 is 8.78 Å². The molecular formula is C12H12F2N4. The van der Waals surface area contributed by atoms with E-state index in [1.54, 1.807) is 6.92 Å². The molecule has 1 aromatic heterocycles. The highest BCUT2D eigenvalue weighted by Crippen LogP contribution is 2.11. The van der Waals surface area contributed by atoms with Crippen LogP contribution in [0.2, 0.25) is 0 Å². The Morgan fingerprint density at radius 2 is 1.89 bits per heavy atom. The second-order valence-electron chi connectivity index (χ2n) is 3.90. The molecule has 0 fully saturated rings. The molecule has 1 aromatic carbocycles. The summed E-state index contributed by atoms with van der Waals surface area (Å²) in [5.74, 6) is -0.874. The van der Waals surface area contributed by atoms with Gasteiger partial charge in [0.1, 0.15) is 11.6 Å².